The van der Waals surface area contributed by atoms with E-state index in [1.165, 1.54) is 0 Å². The van der Waals surface area contributed by atoms with Crippen molar-refractivity contribution in [2.45, 2.75) is 12.8 Å². The second kappa shape index (κ2) is 5.34. The van der Waals surface area contributed by atoms with Crippen LogP contribution in [0.5, 0.6) is 11.8 Å². The van der Waals surface area contributed by atoms with Gasteiger partial charge in [-0.05, 0) is 24.6 Å². The van der Waals surface area contributed by atoms with Crippen molar-refractivity contribution < 1.29 is 4.74 Å². The smallest absolute Gasteiger partial charge is 0.321 e. The van der Waals surface area contributed by atoms with Crippen molar-refractivity contribution in [3.05, 3.63) is 46.7 Å². The number of aromatic nitrogens is 2. The summed E-state index contributed by atoms with van der Waals surface area (Å²) in [5.74, 6) is 1.03. The average Bonchev–Trinajstić information content (AvgIpc) is 2.35. The lowest BCUT2D eigenvalue weighted by molar-refractivity contribution is 0.438. The summed E-state index contributed by atoms with van der Waals surface area (Å²) < 4.78 is 5.54. The number of halogens is 2. The summed E-state index contributed by atoms with van der Waals surface area (Å²) in [5.41, 5.74) is 1.82. The van der Waals surface area contributed by atoms with Gasteiger partial charge in [0.25, 0.3) is 0 Å². The Bertz CT molecular complexity index is 514. The van der Waals surface area contributed by atoms with Crippen LogP contribution in [-0.4, -0.2) is 9.97 Å². The van der Waals surface area contributed by atoms with Crippen molar-refractivity contribution in [2.75, 3.05) is 0 Å². The number of ether oxygens (including phenoxy) is 1. The Balaban J connectivity index is 2.22. The van der Waals surface area contributed by atoms with E-state index in [4.69, 9.17) is 27.9 Å². The first-order chi connectivity index (χ1) is 8.19. The second-order valence-electron chi connectivity index (χ2n) is 3.52. The van der Waals surface area contributed by atoms with Gasteiger partial charge in [-0.3, -0.25) is 0 Å². The highest BCUT2D eigenvalue weighted by Gasteiger charge is 2.04. The number of aryl methyl sites for hydroxylation is 1. The zero-order valence-electron chi connectivity index (χ0n) is 9.15. The Morgan fingerprint density at radius 3 is 2.59 bits per heavy atom. The summed E-state index contributed by atoms with van der Waals surface area (Å²) in [6, 6.07) is 5.70. The van der Waals surface area contributed by atoms with E-state index in [9.17, 15) is 0 Å². The van der Waals surface area contributed by atoms with Gasteiger partial charge < -0.3 is 4.74 Å². The van der Waals surface area contributed by atoms with Crippen molar-refractivity contribution in [3.63, 3.8) is 0 Å². The van der Waals surface area contributed by atoms with E-state index in [1.54, 1.807) is 24.5 Å². The SMILES string of the molecule is Cc1ccc(Cl)cc1Oc1ncc(CCl)cn1. The molecule has 0 amide bonds. The minimum Gasteiger partial charge on any atom is -0.424 e. The number of alkyl halides is 1. The van der Waals surface area contributed by atoms with Crippen molar-refractivity contribution in [1.82, 2.24) is 9.97 Å². The standard InChI is InChI=1S/C12H10Cl2N2O/c1-8-2-3-10(14)4-11(8)17-12-15-6-9(5-13)7-16-12/h2-4,6-7H,5H2,1H3. The monoisotopic (exact) mass is 268 g/mol. The molecular formula is C12H10Cl2N2O. The molecule has 1 aromatic carbocycles. The molecular weight excluding hydrogens is 259 g/mol. The highest BCUT2D eigenvalue weighted by Crippen LogP contribution is 2.25. The summed E-state index contributed by atoms with van der Waals surface area (Å²) in [6.07, 6.45) is 3.27. The third-order valence-electron chi connectivity index (χ3n) is 2.19. The Morgan fingerprint density at radius 2 is 1.94 bits per heavy atom. The third kappa shape index (κ3) is 3.08. The Morgan fingerprint density at radius 1 is 1.24 bits per heavy atom. The van der Waals surface area contributed by atoms with Crippen LogP contribution in [0.2, 0.25) is 5.02 Å². The molecule has 0 saturated carbocycles. The van der Waals surface area contributed by atoms with Crippen LogP contribution in [0.25, 0.3) is 0 Å². The van der Waals surface area contributed by atoms with Crippen molar-refractivity contribution in [1.29, 1.82) is 0 Å². The molecule has 0 fully saturated rings. The van der Waals surface area contributed by atoms with Gasteiger partial charge in [0.05, 0.1) is 5.88 Å². The molecule has 3 nitrogen and oxygen atoms in total. The van der Waals surface area contributed by atoms with Crippen molar-refractivity contribution in [3.8, 4) is 11.8 Å². The molecule has 0 N–H and O–H groups in total. The van der Waals surface area contributed by atoms with E-state index in [0.717, 1.165) is 11.1 Å². The summed E-state index contributed by atoms with van der Waals surface area (Å²) in [6.45, 7) is 1.93. The van der Waals surface area contributed by atoms with Crippen LogP contribution in [0, 0.1) is 6.92 Å². The highest BCUT2D eigenvalue weighted by molar-refractivity contribution is 6.30. The molecule has 2 rings (SSSR count). The molecule has 0 unspecified atom stereocenters. The number of benzene rings is 1. The largest absolute Gasteiger partial charge is 0.424 e. The first-order valence-corrected chi connectivity index (χ1v) is 5.91. The molecule has 0 saturated heterocycles. The van der Waals surface area contributed by atoms with E-state index >= 15 is 0 Å². The molecule has 0 bridgehead atoms. The van der Waals surface area contributed by atoms with Gasteiger partial charge in [-0.2, -0.15) is 0 Å². The Hall–Kier alpha value is -1.32. The van der Waals surface area contributed by atoms with E-state index in [2.05, 4.69) is 9.97 Å². The predicted octanol–water partition coefficient (Wildman–Crippen LogP) is 3.97. The van der Waals surface area contributed by atoms with E-state index in [0.29, 0.717) is 16.7 Å². The normalized spacial score (nSPS) is 10.3. The Labute approximate surface area is 109 Å². The molecule has 1 heterocycles. The molecule has 0 aliphatic heterocycles. The molecule has 0 aliphatic rings. The fourth-order valence-corrected chi connectivity index (χ4v) is 1.55. The first kappa shape index (κ1) is 12.1. The van der Waals surface area contributed by atoms with Gasteiger partial charge in [-0.15, -0.1) is 11.6 Å². The highest BCUT2D eigenvalue weighted by atomic mass is 35.5. The van der Waals surface area contributed by atoms with Gasteiger partial charge in [0.1, 0.15) is 5.75 Å². The first-order valence-electron chi connectivity index (χ1n) is 5.00. The number of hydrogen-bond acceptors (Lipinski definition) is 3. The molecule has 17 heavy (non-hydrogen) atoms. The molecule has 0 atom stereocenters. The summed E-state index contributed by atoms with van der Waals surface area (Å²) >= 11 is 11.5. The van der Waals surface area contributed by atoms with E-state index in [1.807, 2.05) is 13.0 Å². The van der Waals surface area contributed by atoms with Crippen LogP contribution >= 0.6 is 23.2 Å². The molecule has 88 valence electrons. The zero-order valence-corrected chi connectivity index (χ0v) is 10.7. The third-order valence-corrected chi connectivity index (χ3v) is 2.73. The predicted molar refractivity (Wildman–Crippen MR) is 67.9 cm³/mol. The van der Waals surface area contributed by atoms with Gasteiger partial charge in [0.15, 0.2) is 0 Å². The maximum atomic E-state index is 5.89. The maximum Gasteiger partial charge on any atom is 0.321 e. The minimum absolute atomic E-state index is 0.282. The van der Waals surface area contributed by atoms with Crippen molar-refractivity contribution in [2.24, 2.45) is 0 Å². The topological polar surface area (TPSA) is 35.0 Å². The van der Waals surface area contributed by atoms with E-state index in [-0.39, 0.29) is 6.01 Å². The average molecular weight is 269 g/mol. The summed E-state index contributed by atoms with van der Waals surface area (Å²) in [4.78, 5) is 8.11. The van der Waals surface area contributed by atoms with Crippen LogP contribution in [0.3, 0.4) is 0 Å². The van der Waals surface area contributed by atoms with Gasteiger partial charge in [-0.1, -0.05) is 17.7 Å². The quantitative estimate of drug-likeness (QED) is 0.791. The maximum absolute atomic E-state index is 5.89. The van der Waals surface area contributed by atoms with Crippen LogP contribution in [-0.2, 0) is 5.88 Å². The summed E-state index contributed by atoms with van der Waals surface area (Å²) in [7, 11) is 0. The van der Waals surface area contributed by atoms with E-state index < -0.39 is 0 Å². The molecule has 0 radical (unpaired) electrons. The lowest BCUT2D eigenvalue weighted by Crippen LogP contribution is -1.94. The van der Waals surface area contributed by atoms with Gasteiger partial charge >= 0.3 is 6.01 Å². The van der Waals surface area contributed by atoms with Gasteiger partial charge in [0.2, 0.25) is 0 Å². The molecule has 0 aliphatic carbocycles. The molecule has 1 aromatic heterocycles. The lowest BCUT2D eigenvalue weighted by Gasteiger charge is -2.07. The Kier molecular flexibility index (Phi) is 3.82. The fraction of sp³-hybridized carbons (Fsp3) is 0.167. The molecule has 2 aromatic rings. The summed E-state index contributed by atoms with van der Waals surface area (Å²) in [5, 5.41) is 0.614. The molecule has 0 spiro atoms. The van der Waals surface area contributed by atoms with Gasteiger partial charge in [0, 0.05) is 23.0 Å². The van der Waals surface area contributed by atoms with Gasteiger partial charge in [-0.25, -0.2) is 9.97 Å². The molecule has 5 heteroatoms. The number of hydrogen-bond donors (Lipinski definition) is 0. The fourth-order valence-electron chi connectivity index (χ4n) is 1.25. The van der Waals surface area contributed by atoms with Crippen LogP contribution in [0.4, 0.5) is 0 Å². The zero-order chi connectivity index (χ0) is 12.3. The van der Waals surface area contributed by atoms with Crippen LogP contribution < -0.4 is 4.74 Å². The number of nitrogens with zero attached hydrogens (tertiary/aromatic N) is 2. The minimum atomic E-state index is 0.282. The van der Waals surface area contributed by atoms with Crippen molar-refractivity contribution >= 4 is 23.2 Å². The van der Waals surface area contributed by atoms with Crippen LogP contribution in [0.15, 0.2) is 30.6 Å². The van der Waals surface area contributed by atoms with Crippen LogP contribution in [0.1, 0.15) is 11.1 Å². The number of rotatable bonds is 3. The second-order valence-corrected chi connectivity index (χ2v) is 4.22. The lowest BCUT2D eigenvalue weighted by atomic mass is 10.2.